The van der Waals surface area contributed by atoms with Crippen LogP contribution in [0.4, 0.5) is 0 Å². The van der Waals surface area contributed by atoms with E-state index in [0.29, 0.717) is 26.1 Å². The second-order valence-corrected chi connectivity index (χ2v) is 9.11. The minimum Gasteiger partial charge on any atom is -0.342 e. The van der Waals surface area contributed by atoms with Crippen LogP contribution >= 0.6 is 0 Å². The Labute approximate surface area is 200 Å². The van der Waals surface area contributed by atoms with Crippen LogP contribution in [0.5, 0.6) is 0 Å². The van der Waals surface area contributed by atoms with Gasteiger partial charge >= 0.3 is 0 Å². The van der Waals surface area contributed by atoms with Gasteiger partial charge in [-0.3, -0.25) is 14.5 Å². The molecule has 0 saturated carbocycles. The molecule has 0 spiro atoms. The van der Waals surface area contributed by atoms with Crippen molar-refractivity contribution in [3.63, 3.8) is 0 Å². The minimum atomic E-state index is -0.115. The van der Waals surface area contributed by atoms with Crippen LogP contribution in [-0.4, -0.2) is 65.1 Å². The van der Waals surface area contributed by atoms with E-state index in [1.165, 1.54) is 10.8 Å². The van der Waals surface area contributed by atoms with Crippen molar-refractivity contribution >= 4 is 28.3 Å². The third-order valence-electron chi connectivity index (χ3n) is 6.83. The van der Waals surface area contributed by atoms with Crippen molar-refractivity contribution in [1.29, 1.82) is 0 Å². The van der Waals surface area contributed by atoms with Crippen LogP contribution in [0.15, 0.2) is 77.9 Å². The van der Waals surface area contributed by atoms with E-state index in [4.69, 9.17) is 5.10 Å². The number of carbonyl (C=O) groups excluding carboxylic acids is 2. The molecule has 3 aromatic carbocycles. The molecule has 2 aliphatic rings. The lowest BCUT2D eigenvalue weighted by Crippen LogP contribution is -2.40. The fourth-order valence-electron chi connectivity index (χ4n) is 4.93. The molecule has 3 aromatic rings. The Morgan fingerprint density at radius 2 is 1.65 bits per heavy atom. The molecule has 2 heterocycles. The maximum atomic E-state index is 13.5. The fourth-order valence-corrected chi connectivity index (χ4v) is 4.93. The first-order valence-electron chi connectivity index (χ1n) is 12.0. The van der Waals surface area contributed by atoms with Gasteiger partial charge in [-0.1, -0.05) is 66.7 Å². The van der Waals surface area contributed by atoms with Gasteiger partial charge in [-0.2, -0.15) is 5.10 Å². The number of amides is 2. The molecule has 0 N–H and O–H groups in total. The molecule has 0 unspecified atom stereocenters. The third kappa shape index (κ3) is 4.73. The number of hydrogen-bond acceptors (Lipinski definition) is 4. The van der Waals surface area contributed by atoms with Crippen LogP contribution in [0.2, 0.25) is 0 Å². The van der Waals surface area contributed by atoms with Gasteiger partial charge in [0.05, 0.1) is 18.3 Å². The van der Waals surface area contributed by atoms with Crippen molar-refractivity contribution < 1.29 is 9.59 Å². The largest absolute Gasteiger partial charge is 0.342 e. The summed E-state index contributed by atoms with van der Waals surface area (Å²) >= 11 is 0. The zero-order chi connectivity index (χ0) is 23.5. The highest BCUT2D eigenvalue weighted by atomic mass is 16.2. The number of carbonyl (C=O) groups is 2. The molecule has 0 aliphatic carbocycles. The first kappa shape index (κ1) is 22.3. The summed E-state index contributed by atoms with van der Waals surface area (Å²) in [6.07, 6.45) is 1.56. The van der Waals surface area contributed by atoms with Crippen molar-refractivity contribution in [2.45, 2.75) is 25.8 Å². The van der Waals surface area contributed by atoms with E-state index in [0.717, 1.165) is 36.3 Å². The quantitative estimate of drug-likeness (QED) is 0.597. The molecule has 6 nitrogen and oxygen atoms in total. The van der Waals surface area contributed by atoms with Crippen molar-refractivity contribution in [3.8, 4) is 0 Å². The molecule has 1 saturated heterocycles. The molecule has 2 amide bonds. The molecule has 174 valence electrons. The summed E-state index contributed by atoms with van der Waals surface area (Å²) in [6.45, 7) is 4.84. The zero-order valence-corrected chi connectivity index (χ0v) is 19.6. The predicted octanol–water partition coefficient (Wildman–Crippen LogP) is 4.07. The molecule has 5 rings (SSSR count). The van der Waals surface area contributed by atoms with Crippen molar-refractivity contribution in [1.82, 2.24) is 14.8 Å². The van der Waals surface area contributed by atoms with E-state index < -0.39 is 0 Å². The average Bonchev–Trinajstić information content (AvgIpc) is 3.18. The van der Waals surface area contributed by atoms with Gasteiger partial charge < -0.3 is 4.90 Å². The van der Waals surface area contributed by atoms with Crippen LogP contribution < -0.4 is 0 Å². The molecule has 1 atom stereocenters. The second-order valence-electron chi connectivity index (χ2n) is 9.11. The fraction of sp³-hybridized carbons (Fsp3) is 0.321. The number of hydrazone groups is 1. The monoisotopic (exact) mass is 454 g/mol. The molecular weight excluding hydrogens is 424 g/mol. The van der Waals surface area contributed by atoms with E-state index in [2.05, 4.69) is 47.4 Å². The number of rotatable bonds is 4. The summed E-state index contributed by atoms with van der Waals surface area (Å²) in [5, 5.41) is 8.91. The summed E-state index contributed by atoms with van der Waals surface area (Å²) in [4.78, 5) is 29.3. The van der Waals surface area contributed by atoms with Gasteiger partial charge in [0.2, 0.25) is 5.91 Å². The zero-order valence-electron chi connectivity index (χ0n) is 19.6. The Morgan fingerprint density at radius 3 is 2.44 bits per heavy atom. The van der Waals surface area contributed by atoms with Crippen LogP contribution in [0.1, 0.15) is 36.9 Å². The molecule has 0 radical (unpaired) electrons. The topological polar surface area (TPSA) is 56.2 Å². The van der Waals surface area contributed by atoms with E-state index >= 15 is 0 Å². The summed E-state index contributed by atoms with van der Waals surface area (Å²) in [6, 6.07) is 24.7. The first-order valence-corrected chi connectivity index (χ1v) is 12.0. The van der Waals surface area contributed by atoms with Gasteiger partial charge in [-0.25, -0.2) is 5.01 Å². The molecule has 0 bridgehead atoms. The van der Waals surface area contributed by atoms with Crippen molar-refractivity contribution in [2.75, 3.05) is 32.7 Å². The lowest BCUT2D eigenvalue weighted by Gasteiger charge is -2.26. The maximum absolute atomic E-state index is 13.5. The Morgan fingerprint density at radius 1 is 0.882 bits per heavy atom. The number of nitrogens with zero attached hydrogens (tertiary/aromatic N) is 4. The van der Waals surface area contributed by atoms with Crippen LogP contribution in [0, 0.1) is 0 Å². The predicted molar refractivity (Wildman–Crippen MR) is 134 cm³/mol. The molecular formula is C28H30N4O2. The van der Waals surface area contributed by atoms with Crippen LogP contribution in [0.25, 0.3) is 10.8 Å². The highest BCUT2D eigenvalue weighted by Gasteiger charge is 2.34. The smallest absolute Gasteiger partial charge is 0.257 e. The van der Waals surface area contributed by atoms with Gasteiger partial charge in [0.25, 0.3) is 5.91 Å². The van der Waals surface area contributed by atoms with Gasteiger partial charge in [0.1, 0.15) is 0 Å². The molecule has 34 heavy (non-hydrogen) atoms. The molecule has 2 aliphatic heterocycles. The average molecular weight is 455 g/mol. The summed E-state index contributed by atoms with van der Waals surface area (Å²) in [7, 11) is 0. The summed E-state index contributed by atoms with van der Waals surface area (Å²) < 4.78 is 0. The summed E-state index contributed by atoms with van der Waals surface area (Å²) in [5.74, 6) is 0.0994. The van der Waals surface area contributed by atoms with Crippen molar-refractivity contribution in [3.05, 3.63) is 83.9 Å². The lowest BCUT2D eigenvalue weighted by atomic mass is 9.97. The molecule has 6 heteroatoms. The maximum Gasteiger partial charge on any atom is 0.257 e. The van der Waals surface area contributed by atoms with Gasteiger partial charge in [0, 0.05) is 39.5 Å². The van der Waals surface area contributed by atoms with Crippen LogP contribution in [0.3, 0.4) is 0 Å². The highest BCUT2D eigenvalue weighted by Crippen LogP contribution is 2.33. The molecule has 0 aromatic heterocycles. The minimum absolute atomic E-state index is 0.000849. The van der Waals surface area contributed by atoms with Gasteiger partial charge in [-0.05, 0) is 34.4 Å². The van der Waals surface area contributed by atoms with E-state index in [-0.39, 0.29) is 17.9 Å². The van der Waals surface area contributed by atoms with E-state index in [1.54, 1.807) is 11.9 Å². The Balaban J connectivity index is 1.39. The molecule has 1 fully saturated rings. The van der Waals surface area contributed by atoms with Gasteiger partial charge in [-0.15, -0.1) is 0 Å². The first-order chi connectivity index (χ1) is 16.6. The second kappa shape index (κ2) is 9.77. The Bertz CT molecular complexity index is 1220. The number of benzene rings is 3. The Hall–Kier alpha value is -3.51. The van der Waals surface area contributed by atoms with Crippen molar-refractivity contribution in [2.24, 2.45) is 5.10 Å². The third-order valence-corrected chi connectivity index (χ3v) is 6.83. The van der Waals surface area contributed by atoms with Crippen LogP contribution in [-0.2, 0) is 9.59 Å². The van der Waals surface area contributed by atoms with E-state index in [9.17, 15) is 9.59 Å². The highest BCUT2D eigenvalue weighted by molar-refractivity contribution is 6.05. The SMILES string of the molecule is CC(=O)N1CCCN(CC(=O)N2N=C(c3ccc4ccccc4c3)C[C@H]2c2ccccc2)CC1. The summed E-state index contributed by atoms with van der Waals surface area (Å²) in [5.41, 5.74) is 3.09. The van der Waals surface area contributed by atoms with Gasteiger partial charge in [0.15, 0.2) is 0 Å². The normalized spacial score (nSPS) is 19.2. The lowest BCUT2D eigenvalue weighted by molar-refractivity contribution is -0.134. The number of hydrogen-bond donors (Lipinski definition) is 0. The standard InChI is InChI=1S/C28H30N4O2/c1-21(33)31-15-7-14-30(16-17-31)20-28(34)32-27(23-9-3-2-4-10-23)19-26(29-32)25-13-12-22-8-5-6-11-24(22)18-25/h2-6,8-13,18,27H,7,14-17,19-20H2,1H3/t27-/m0/s1. The Kier molecular flexibility index (Phi) is 6.41. The number of fused-ring (bicyclic) bond motifs is 1. The van der Waals surface area contributed by atoms with E-state index in [1.807, 2.05) is 35.2 Å².